The van der Waals surface area contributed by atoms with E-state index in [-0.39, 0.29) is 22.2 Å². The Morgan fingerprint density at radius 1 is 1.30 bits per heavy atom. The smallest absolute Gasteiger partial charge is 0.325 e. The number of benzene rings is 1. The lowest BCUT2D eigenvalue weighted by atomic mass is 10.2. The van der Waals surface area contributed by atoms with Crippen LogP contribution in [0.2, 0.25) is 10.0 Å². The number of rotatable bonds is 5. The highest BCUT2D eigenvalue weighted by atomic mass is 35.5. The first-order valence-electron chi connectivity index (χ1n) is 5.91. The van der Waals surface area contributed by atoms with Gasteiger partial charge in [0, 0.05) is 6.54 Å². The van der Waals surface area contributed by atoms with Gasteiger partial charge >= 0.3 is 5.97 Å². The fraction of sp³-hybridized carbons (Fsp3) is 0.385. The van der Waals surface area contributed by atoms with E-state index in [1.54, 1.807) is 0 Å². The lowest BCUT2D eigenvalue weighted by Crippen LogP contribution is -2.37. The van der Waals surface area contributed by atoms with Crippen molar-refractivity contribution in [2.45, 2.75) is 13.3 Å². The molecular weight excluding hydrogens is 308 g/mol. The molecule has 1 amide bonds. The predicted molar refractivity (Wildman–Crippen MR) is 74.6 cm³/mol. The number of hydrogen-bond acceptors (Lipinski definition) is 3. The Balaban J connectivity index is 3.05. The van der Waals surface area contributed by atoms with Crippen LogP contribution in [0.5, 0.6) is 0 Å². The van der Waals surface area contributed by atoms with Crippen molar-refractivity contribution in [3.05, 3.63) is 33.6 Å². The minimum absolute atomic E-state index is 0.0346. The summed E-state index contributed by atoms with van der Waals surface area (Å²) in [6.45, 7) is 1.96. The Morgan fingerprint density at radius 3 is 2.50 bits per heavy atom. The van der Waals surface area contributed by atoms with Gasteiger partial charge in [-0.05, 0) is 18.6 Å². The molecule has 0 saturated carbocycles. The molecule has 0 fully saturated rings. The molecule has 0 saturated heterocycles. The van der Waals surface area contributed by atoms with Crippen molar-refractivity contribution in [2.24, 2.45) is 0 Å². The fourth-order valence-corrected chi connectivity index (χ4v) is 2.06. The Kier molecular flexibility index (Phi) is 6.23. The molecule has 7 heteroatoms. The molecule has 0 bridgehead atoms. The molecule has 0 aliphatic heterocycles. The molecule has 0 atom stereocenters. The zero-order valence-electron chi connectivity index (χ0n) is 11.1. The molecule has 0 radical (unpaired) electrons. The van der Waals surface area contributed by atoms with Crippen LogP contribution in [0.4, 0.5) is 4.39 Å². The van der Waals surface area contributed by atoms with Gasteiger partial charge in [-0.25, -0.2) is 4.39 Å². The second-order valence-corrected chi connectivity index (χ2v) is 4.86. The van der Waals surface area contributed by atoms with Gasteiger partial charge < -0.3 is 9.64 Å². The average Bonchev–Trinajstić information content (AvgIpc) is 2.41. The summed E-state index contributed by atoms with van der Waals surface area (Å²) in [4.78, 5) is 24.8. The predicted octanol–water partition coefficient (Wildman–Crippen LogP) is 3.16. The minimum Gasteiger partial charge on any atom is -0.468 e. The summed E-state index contributed by atoms with van der Waals surface area (Å²) in [5.74, 6) is -1.84. The van der Waals surface area contributed by atoms with Gasteiger partial charge in [-0.15, -0.1) is 0 Å². The van der Waals surface area contributed by atoms with Gasteiger partial charge in [0.15, 0.2) is 0 Å². The second kappa shape index (κ2) is 7.45. The molecule has 1 aromatic rings. The number of halogens is 3. The Hall–Kier alpha value is -1.33. The molecule has 0 aliphatic rings. The van der Waals surface area contributed by atoms with Crippen LogP contribution < -0.4 is 0 Å². The number of hydrogen-bond donors (Lipinski definition) is 0. The monoisotopic (exact) mass is 321 g/mol. The number of esters is 1. The molecule has 0 aromatic heterocycles. The second-order valence-electron chi connectivity index (χ2n) is 4.05. The molecule has 4 nitrogen and oxygen atoms in total. The number of ether oxygens (including phenoxy) is 1. The summed E-state index contributed by atoms with van der Waals surface area (Å²) in [6.07, 6.45) is 0.635. The average molecular weight is 322 g/mol. The third-order valence-corrected chi connectivity index (χ3v) is 3.17. The zero-order chi connectivity index (χ0) is 15.3. The van der Waals surface area contributed by atoms with Crippen LogP contribution in [0.1, 0.15) is 23.7 Å². The highest BCUT2D eigenvalue weighted by molar-refractivity contribution is 6.36. The molecular formula is C13H14Cl2FNO3. The first kappa shape index (κ1) is 16.7. The van der Waals surface area contributed by atoms with Crippen molar-refractivity contribution in [3.63, 3.8) is 0 Å². The van der Waals surface area contributed by atoms with Gasteiger partial charge in [-0.2, -0.15) is 0 Å². The molecule has 0 aliphatic carbocycles. The number of carbonyl (C=O) groups excluding carboxylic acids is 2. The van der Waals surface area contributed by atoms with Crippen LogP contribution in [-0.4, -0.2) is 37.0 Å². The summed E-state index contributed by atoms with van der Waals surface area (Å²) >= 11 is 11.5. The van der Waals surface area contributed by atoms with Gasteiger partial charge in [0.1, 0.15) is 12.4 Å². The molecule has 0 spiro atoms. The summed E-state index contributed by atoms with van der Waals surface area (Å²) in [5, 5.41) is -0.131. The van der Waals surface area contributed by atoms with Crippen molar-refractivity contribution in [1.29, 1.82) is 0 Å². The molecule has 0 unspecified atom stereocenters. The third kappa shape index (κ3) is 4.08. The Morgan fingerprint density at radius 2 is 1.95 bits per heavy atom. The summed E-state index contributed by atoms with van der Waals surface area (Å²) < 4.78 is 18.0. The topological polar surface area (TPSA) is 46.6 Å². The first-order chi connectivity index (χ1) is 9.40. The van der Waals surface area contributed by atoms with E-state index < -0.39 is 17.7 Å². The number of amides is 1. The number of methoxy groups -OCH3 is 1. The van der Waals surface area contributed by atoms with Crippen LogP contribution in [0, 0.1) is 5.82 Å². The number of nitrogens with zero attached hydrogens (tertiary/aromatic N) is 1. The quantitative estimate of drug-likeness (QED) is 0.618. The van der Waals surface area contributed by atoms with E-state index in [1.807, 2.05) is 6.92 Å². The molecule has 110 valence electrons. The van der Waals surface area contributed by atoms with E-state index in [0.29, 0.717) is 13.0 Å². The van der Waals surface area contributed by atoms with E-state index in [2.05, 4.69) is 4.74 Å². The van der Waals surface area contributed by atoms with Crippen molar-refractivity contribution in [2.75, 3.05) is 20.2 Å². The van der Waals surface area contributed by atoms with Gasteiger partial charge in [0.05, 0.1) is 22.7 Å². The molecule has 1 aromatic carbocycles. The third-order valence-electron chi connectivity index (χ3n) is 2.57. The Labute approximate surface area is 126 Å². The van der Waals surface area contributed by atoms with Crippen LogP contribution in [0.3, 0.4) is 0 Å². The first-order valence-corrected chi connectivity index (χ1v) is 6.66. The van der Waals surface area contributed by atoms with E-state index >= 15 is 0 Å². The normalized spacial score (nSPS) is 10.2. The van der Waals surface area contributed by atoms with Crippen LogP contribution in [-0.2, 0) is 9.53 Å². The minimum atomic E-state index is -0.742. The lowest BCUT2D eigenvalue weighted by molar-refractivity contribution is -0.141. The number of carbonyl (C=O) groups is 2. The van der Waals surface area contributed by atoms with Crippen LogP contribution in [0.25, 0.3) is 0 Å². The standard InChI is InChI=1S/C13H14Cl2FNO3/c1-3-4-17(7-12(18)20-2)13(19)8-5-11(16)10(15)6-9(8)14/h5-6H,3-4,7H2,1-2H3. The maximum absolute atomic E-state index is 13.4. The van der Waals surface area contributed by atoms with Crippen molar-refractivity contribution >= 4 is 35.1 Å². The largest absolute Gasteiger partial charge is 0.468 e. The van der Waals surface area contributed by atoms with Crippen molar-refractivity contribution in [3.8, 4) is 0 Å². The maximum atomic E-state index is 13.4. The van der Waals surface area contributed by atoms with E-state index in [4.69, 9.17) is 23.2 Å². The van der Waals surface area contributed by atoms with Gasteiger partial charge in [-0.3, -0.25) is 9.59 Å². The van der Waals surface area contributed by atoms with E-state index in [0.717, 1.165) is 12.1 Å². The molecule has 0 heterocycles. The van der Waals surface area contributed by atoms with Gasteiger partial charge in [-0.1, -0.05) is 30.1 Å². The lowest BCUT2D eigenvalue weighted by Gasteiger charge is -2.21. The molecule has 20 heavy (non-hydrogen) atoms. The van der Waals surface area contributed by atoms with Gasteiger partial charge in [0.2, 0.25) is 0 Å². The van der Waals surface area contributed by atoms with Crippen LogP contribution >= 0.6 is 23.2 Å². The highest BCUT2D eigenvalue weighted by Crippen LogP contribution is 2.25. The van der Waals surface area contributed by atoms with Crippen molar-refractivity contribution < 1.29 is 18.7 Å². The van der Waals surface area contributed by atoms with Gasteiger partial charge in [0.25, 0.3) is 5.91 Å². The SMILES string of the molecule is CCCN(CC(=O)OC)C(=O)c1cc(F)c(Cl)cc1Cl. The van der Waals surface area contributed by atoms with E-state index in [9.17, 15) is 14.0 Å². The highest BCUT2D eigenvalue weighted by Gasteiger charge is 2.22. The van der Waals surface area contributed by atoms with Crippen LogP contribution in [0.15, 0.2) is 12.1 Å². The van der Waals surface area contributed by atoms with Crippen molar-refractivity contribution in [1.82, 2.24) is 4.90 Å². The molecule has 0 N–H and O–H groups in total. The summed E-state index contributed by atoms with van der Waals surface area (Å²) in [5.41, 5.74) is -0.0362. The summed E-state index contributed by atoms with van der Waals surface area (Å²) in [7, 11) is 1.23. The summed E-state index contributed by atoms with van der Waals surface area (Å²) in [6, 6.07) is 2.13. The molecule has 1 rings (SSSR count). The Bertz CT molecular complexity index is 523. The fourth-order valence-electron chi connectivity index (χ4n) is 1.60. The zero-order valence-corrected chi connectivity index (χ0v) is 12.6. The maximum Gasteiger partial charge on any atom is 0.325 e. The van der Waals surface area contributed by atoms with E-state index in [1.165, 1.54) is 12.0 Å².